The number of aromatic nitrogens is 7. The highest BCUT2D eigenvalue weighted by Crippen LogP contribution is 2.33. The van der Waals surface area contributed by atoms with Crippen LogP contribution in [-0.4, -0.2) is 41.0 Å². The zero-order valence-electron chi connectivity index (χ0n) is 19.4. The van der Waals surface area contributed by atoms with Crippen LogP contribution >= 0.6 is 0 Å². The number of hydrogen-bond acceptors (Lipinski definition) is 6. The number of rotatable bonds is 5. The van der Waals surface area contributed by atoms with Gasteiger partial charge in [0.1, 0.15) is 11.5 Å². The Balaban J connectivity index is 1.28. The number of imidazole rings is 1. The summed E-state index contributed by atoms with van der Waals surface area (Å²) in [6.45, 7) is 0. The van der Waals surface area contributed by atoms with Gasteiger partial charge >= 0.3 is 0 Å². The lowest BCUT2D eigenvalue weighted by Crippen LogP contribution is -2.13. The molecule has 1 amide bonds. The fraction of sp³-hybridized carbons (Fsp3) is 0.111. The predicted molar refractivity (Wildman–Crippen MR) is 137 cm³/mol. The summed E-state index contributed by atoms with van der Waals surface area (Å²) in [7, 11) is 0. The summed E-state index contributed by atoms with van der Waals surface area (Å²) >= 11 is 0. The molecular weight excluding hydrogens is 471 g/mol. The van der Waals surface area contributed by atoms with Gasteiger partial charge in [0.25, 0.3) is 0 Å². The van der Waals surface area contributed by atoms with E-state index in [9.17, 15) is 9.18 Å². The summed E-state index contributed by atoms with van der Waals surface area (Å²) in [5.41, 5.74) is 6.55. The molecule has 1 saturated carbocycles. The molecule has 0 aliphatic heterocycles. The van der Waals surface area contributed by atoms with Crippen LogP contribution in [-0.2, 0) is 4.79 Å². The second kappa shape index (κ2) is 8.30. The quantitative estimate of drug-likeness (QED) is 0.308. The molecule has 10 heteroatoms. The molecule has 0 radical (unpaired) electrons. The van der Waals surface area contributed by atoms with Gasteiger partial charge in [0.2, 0.25) is 5.91 Å². The van der Waals surface area contributed by atoms with Gasteiger partial charge in [-0.15, -0.1) is 0 Å². The van der Waals surface area contributed by atoms with E-state index in [1.54, 1.807) is 43.1 Å². The van der Waals surface area contributed by atoms with Crippen LogP contribution in [0, 0.1) is 11.7 Å². The van der Waals surface area contributed by atoms with Crippen LogP contribution in [0.25, 0.3) is 55.8 Å². The Morgan fingerprint density at radius 2 is 1.78 bits per heavy atom. The van der Waals surface area contributed by atoms with Crippen molar-refractivity contribution in [2.45, 2.75) is 12.8 Å². The molecule has 37 heavy (non-hydrogen) atoms. The van der Waals surface area contributed by atoms with Crippen molar-refractivity contribution in [2.24, 2.45) is 5.92 Å². The standard InChI is InChI=1S/C27H19FN8O/c28-17-5-3-14(4-6-17)20-11-30-12-23-24(20)34-26(33-23)25-19-8-21(31-13-22(19)35-36-25)16-7-18(10-29-9-16)32-27(37)15-1-2-15/h3-13,15H,1-2H2,(H,32,37)(H,33,34)(H,35,36). The van der Waals surface area contributed by atoms with E-state index in [1.807, 2.05) is 12.1 Å². The second-order valence-electron chi connectivity index (χ2n) is 9.09. The van der Waals surface area contributed by atoms with Gasteiger partial charge in [-0.2, -0.15) is 5.10 Å². The number of halogens is 1. The van der Waals surface area contributed by atoms with Crippen molar-refractivity contribution >= 4 is 33.5 Å². The topological polar surface area (TPSA) is 125 Å². The highest BCUT2D eigenvalue weighted by atomic mass is 19.1. The van der Waals surface area contributed by atoms with Crippen LogP contribution in [0.2, 0.25) is 0 Å². The van der Waals surface area contributed by atoms with Crippen LogP contribution in [0.4, 0.5) is 10.1 Å². The molecule has 5 aromatic heterocycles. The maximum atomic E-state index is 13.4. The summed E-state index contributed by atoms with van der Waals surface area (Å²) in [4.78, 5) is 33.5. The third-order valence-corrected chi connectivity index (χ3v) is 6.47. The summed E-state index contributed by atoms with van der Waals surface area (Å²) in [5.74, 6) is 0.399. The molecule has 7 rings (SSSR count). The van der Waals surface area contributed by atoms with E-state index >= 15 is 0 Å². The Bertz CT molecular complexity index is 1800. The molecule has 1 aliphatic rings. The zero-order chi connectivity index (χ0) is 24.9. The number of benzene rings is 1. The van der Waals surface area contributed by atoms with Crippen molar-refractivity contribution in [1.29, 1.82) is 0 Å². The Kier molecular flexibility index (Phi) is 4.78. The largest absolute Gasteiger partial charge is 0.335 e. The van der Waals surface area contributed by atoms with Gasteiger partial charge in [-0.1, -0.05) is 12.1 Å². The molecule has 180 valence electrons. The molecule has 0 saturated heterocycles. The number of nitrogens with one attached hydrogen (secondary N) is 3. The number of pyridine rings is 3. The van der Waals surface area contributed by atoms with Gasteiger partial charge in [-0.05, 0) is 42.7 Å². The summed E-state index contributed by atoms with van der Waals surface area (Å²) < 4.78 is 13.4. The van der Waals surface area contributed by atoms with Crippen LogP contribution in [0.15, 0.2) is 67.4 Å². The highest BCUT2D eigenvalue weighted by Gasteiger charge is 2.29. The first-order valence-electron chi connectivity index (χ1n) is 11.8. The minimum atomic E-state index is -0.301. The lowest BCUT2D eigenvalue weighted by molar-refractivity contribution is -0.117. The van der Waals surface area contributed by atoms with E-state index < -0.39 is 0 Å². The number of amides is 1. The minimum Gasteiger partial charge on any atom is -0.335 e. The lowest BCUT2D eigenvalue weighted by Gasteiger charge is -2.06. The van der Waals surface area contributed by atoms with E-state index in [0.29, 0.717) is 28.4 Å². The summed E-state index contributed by atoms with van der Waals surface area (Å²) in [5, 5.41) is 11.3. The van der Waals surface area contributed by atoms with Gasteiger partial charge in [-0.25, -0.2) is 9.37 Å². The predicted octanol–water partition coefficient (Wildman–Crippen LogP) is 5.11. The Hall–Kier alpha value is -4.99. The number of carbonyl (C=O) groups excluding carboxylic acids is 1. The number of aromatic amines is 2. The SMILES string of the molecule is O=C(Nc1cncc(-c2cc3c(-c4nc5c(-c6ccc(F)cc6)cncc5[nH]4)n[nH]c3cn2)c1)C1CC1. The van der Waals surface area contributed by atoms with Gasteiger partial charge in [0.05, 0.1) is 46.5 Å². The summed E-state index contributed by atoms with van der Waals surface area (Å²) in [6.07, 6.45) is 10.3. The fourth-order valence-electron chi connectivity index (χ4n) is 4.38. The maximum Gasteiger partial charge on any atom is 0.227 e. The summed E-state index contributed by atoms with van der Waals surface area (Å²) in [6, 6.07) is 10.0. The first-order valence-corrected chi connectivity index (χ1v) is 11.8. The highest BCUT2D eigenvalue weighted by molar-refractivity contribution is 5.98. The molecule has 1 fully saturated rings. The number of nitrogens with zero attached hydrogens (tertiary/aromatic N) is 5. The van der Waals surface area contributed by atoms with E-state index in [1.165, 1.54) is 12.1 Å². The molecule has 1 aliphatic carbocycles. The molecule has 9 nitrogen and oxygen atoms in total. The average Bonchev–Trinajstić information content (AvgIpc) is 3.55. The zero-order valence-corrected chi connectivity index (χ0v) is 19.4. The van der Waals surface area contributed by atoms with Crippen molar-refractivity contribution < 1.29 is 9.18 Å². The normalized spacial score (nSPS) is 13.3. The van der Waals surface area contributed by atoms with Gasteiger partial charge in [0.15, 0.2) is 5.82 Å². The van der Waals surface area contributed by atoms with Crippen LogP contribution < -0.4 is 5.32 Å². The van der Waals surface area contributed by atoms with Gasteiger partial charge in [0, 0.05) is 34.8 Å². The Morgan fingerprint density at radius 1 is 0.946 bits per heavy atom. The van der Waals surface area contributed by atoms with Gasteiger partial charge in [-0.3, -0.25) is 24.8 Å². The average molecular weight is 491 g/mol. The van der Waals surface area contributed by atoms with E-state index in [2.05, 4.69) is 35.5 Å². The molecule has 0 spiro atoms. The van der Waals surface area contributed by atoms with Crippen molar-refractivity contribution in [3.8, 4) is 33.9 Å². The second-order valence-corrected chi connectivity index (χ2v) is 9.09. The molecule has 3 N–H and O–H groups in total. The molecular formula is C27H19FN8O. The first-order chi connectivity index (χ1) is 18.1. The van der Waals surface area contributed by atoms with Crippen molar-refractivity contribution in [3.63, 3.8) is 0 Å². The van der Waals surface area contributed by atoms with Crippen LogP contribution in [0.5, 0.6) is 0 Å². The number of H-pyrrole nitrogens is 2. The van der Waals surface area contributed by atoms with Crippen molar-refractivity contribution in [1.82, 2.24) is 35.1 Å². The van der Waals surface area contributed by atoms with Crippen molar-refractivity contribution in [3.05, 3.63) is 73.2 Å². The van der Waals surface area contributed by atoms with E-state index in [0.717, 1.165) is 46.0 Å². The molecule has 0 unspecified atom stereocenters. The minimum absolute atomic E-state index is 0.0267. The fourth-order valence-corrected chi connectivity index (χ4v) is 4.38. The van der Waals surface area contributed by atoms with Crippen LogP contribution in [0.1, 0.15) is 12.8 Å². The number of anilines is 1. The molecule has 5 heterocycles. The molecule has 0 bridgehead atoms. The third-order valence-electron chi connectivity index (χ3n) is 6.47. The smallest absolute Gasteiger partial charge is 0.227 e. The molecule has 6 aromatic rings. The Labute approximate surface area is 209 Å². The number of fused-ring (bicyclic) bond motifs is 2. The van der Waals surface area contributed by atoms with Crippen molar-refractivity contribution in [2.75, 3.05) is 5.32 Å². The van der Waals surface area contributed by atoms with E-state index in [4.69, 9.17) is 4.98 Å². The van der Waals surface area contributed by atoms with Crippen LogP contribution in [0.3, 0.4) is 0 Å². The molecule has 1 aromatic carbocycles. The first kappa shape index (κ1) is 21.3. The van der Waals surface area contributed by atoms with Gasteiger partial charge < -0.3 is 10.3 Å². The maximum absolute atomic E-state index is 13.4. The lowest BCUT2D eigenvalue weighted by atomic mass is 10.1. The monoisotopic (exact) mass is 490 g/mol. The van der Waals surface area contributed by atoms with E-state index in [-0.39, 0.29) is 17.6 Å². The Morgan fingerprint density at radius 3 is 2.62 bits per heavy atom. The number of carbonyl (C=O) groups is 1. The molecule has 0 atom stereocenters. The third kappa shape index (κ3) is 3.88. The number of hydrogen-bond donors (Lipinski definition) is 3.